The summed E-state index contributed by atoms with van der Waals surface area (Å²) in [5.41, 5.74) is 7.87. The first kappa shape index (κ1) is 26.9. The molecule has 208 valence electrons. The average molecular weight is 574 g/mol. The molecule has 7 rings (SSSR count). The summed E-state index contributed by atoms with van der Waals surface area (Å²) in [6.45, 7) is 8.07. The van der Waals surface area contributed by atoms with Crippen LogP contribution in [-0.4, -0.2) is 12.3 Å². The Hall–Kier alpha value is -4.99. The minimum absolute atomic E-state index is 0.176. The normalized spacial score (nSPS) is 14.7. The van der Waals surface area contributed by atoms with E-state index in [9.17, 15) is 0 Å². The van der Waals surface area contributed by atoms with Gasteiger partial charge in [0.1, 0.15) is 11.9 Å². The highest BCUT2D eigenvalue weighted by Gasteiger charge is 2.16. The first-order valence-electron chi connectivity index (χ1n) is 14.6. The van der Waals surface area contributed by atoms with Crippen LogP contribution in [0.25, 0.3) is 53.2 Å². The van der Waals surface area contributed by atoms with Gasteiger partial charge in [0, 0.05) is 32.0 Å². The molecule has 0 saturated carbocycles. The Morgan fingerprint density at radius 1 is 0.814 bits per heavy atom. The summed E-state index contributed by atoms with van der Waals surface area (Å²) in [5, 5.41) is 5.11. The number of ether oxygens (including phenoxy) is 1. The fourth-order valence-electron chi connectivity index (χ4n) is 5.90. The Kier molecular flexibility index (Phi) is 7.10. The van der Waals surface area contributed by atoms with Gasteiger partial charge in [-0.25, -0.2) is 0 Å². The number of aliphatic imine (C=N–C) groups is 1. The van der Waals surface area contributed by atoms with E-state index >= 15 is 0 Å². The van der Waals surface area contributed by atoms with Gasteiger partial charge in [-0.2, -0.15) is 0 Å². The van der Waals surface area contributed by atoms with Crippen LogP contribution in [-0.2, 0) is 0 Å². The molecule has 0 radical (unpaired) electrons. The number of benzene rings is 5. The number of rotatable bonds is 7. The maximum Gasteiger partial charge on any atom is 0.123 e. The molecule has 5 aromatic carbocycles. The summed E-state index contributed by atoms with van der Waals surface area (Å²) in [6, 6.07) is 35.2. The second-order valence-corrected chi connectivity index (χ2v) is 11.9. The quantitative estimate of drug-likeness (QED) is 0.174. The van der Waals surface area contributed by atoms with E-state index in [1.54, 1.807) is 12.3 Å². The Bertz CT molecular complexity index is 2140. The summed E-state index contributed by atoms with van der Waals surface area (Å²) in [7, 11) is 0. The minimum atomic E-state index is -0.176. The fourth-order valence-corrected chi connectivity index (χ4v) is 7.14. The van der Waals surface area contributed by atoms with E-state index in [1.807, 2.05) is 29.6 Å². The first-order valence-corrected chi connectivity index (χ1v) is 15.4. The van der Waals surface area contributed by atoms with Crippen molar-refractivity contribution >= 4 is 48.5 Å². The van der Waals surface area contributed by atoms with Crippen molar-refractivity contribution in [1.29, 1.82) is 0 Å². The largest absolute Gasteiger partial charge is 0.486 e. The molecular formula is C40H31NOS. The van der Waals surface area contributed by atoms with E-state index in [1.165, 1.54) is 47.6 Å². The van der Waals surface area contributed by atoms with E-state index < -0.39 is 0 Å². The number of allylic oxidation sites excluding steroid dienone is 4. The van der Waals surface area contributed by atoms with Crippen LogP contribution in [0.2, 0.25) is 0 Å². The number of aryl methyl sites for hydroxylation is 1. The van der Waals surface area contributed by atoms with Crippen molar-refractivity contribution in [2.75, 3.05) is 0 Å². The topological polar surface area (TPSA) is 21.6 Å². The van der Waals surface area contributed by atoms with Crippen LogP contribution < -0.4 is 4.74 Å². The lowest BCUT2D eigenvalue weighted by atomic mass is 9.91. The standard InChI is InChI=1S/C40H31NOS/c1-4-11-28(24-30-12-10-23-41-30)27(3)42-38-25-29(20-19-26(38)2)31-21-22-34(33-14-6-5-13-32(31)33)36-16-9-17-37-35-15-7-8-18-39(35)43-40(36)37/h4-25,27H,1H2,2-3H3/b28-11+,30-24-. The van der Waals surface area contributed by atoms with Crippen LogP contribution in [0.3, 0.4) is 0 Å². The molecule has 0 fully saturated rings. The van der Waals surface area contributed by atoms with Gasteiger partial charge < -0.3 is 4.74 Å². The lowest BCUT2D eigenvalue weighted by Gasteiger charge is -2.19. The molecule has 0 aliphatic carbocycles. The Labute approximate surface area is 256 Å². The molecule has 1 aliphatic rings. The number of nitrogens with zero attached hydrogens (tertiary/aromatic N) is 1. The van der Waals surface area contributed by atoms with Gasteiger partial charge >= 0.3 is 0 Å². The number of hydrogen-bond donors (Lipinski definition) is 0. The van der Waals surface area contributed by atoms with Crippen LogP contribution in [0.1, 0.15) is 12.5 Å². The number of thiophene rings is 1. The van der Waals surface area contributed by atoms with Crippen LogP contribution >= 0.6 is 11.3 Å². The number of hydrogen-bond acceptors (Lipinski definition) is 3. The monoisotopic (exact) mass is 573 g/mol. The lowest BCUT2D eigenvalue weighted by Crippen LogP contribution is -2.15. The molecule has 1 unspecified atom stereocenters. The molecule has 0 N–H and O–H groups in total. The third kappa shape index (κ3) is 5.03. The molecule has 2 heterocycles. The van der Waals surface area contributed by atoms with Gasteiger partial charge in [-0.1, -0.05) is 104 Å². The van der Waals surface area contributed by atoms with Gasteiger partial charge in [0.25, 0.3) is 0 Å². The summed E-state index contributed by atoms with van der Waals surface area (Å²) < 4.78 is 9.23. The maximum atomic E-state index is 6.58. The molecule has 1 aromatic heterocycles. The fraction of sp³-hybridized carbons (Fsp3) is 0.0750. The highest BCUT2D eigenvalue weighted by atomic mass is 32.1. The van der Waals surface area contributed by atoms with Crippen molar-refractivity contribution < 1.29 is 4.74 Å². The number of fused-ring (bicyclic) bond motifs is 4. The Morgan fingerprint density at radius 3 is 2.35 bits per heavy atom. The smallest absolute Gasteiger partial charge is 0.123 e. The minimum Gasteiger partial charge on any atom is -0.486 e. The second-order valence-electron chi connectivity index (χ2n) is 10.8. The third-order valence-corrected chi connectivity index (χ3v) is 9.31. The van der Waals surface area contributed by atoms with Crippen molar-refractivity contribution in [3.05, 3.63) is 151 Å². The molecule has 43 heavy (non-hydrogen) atoms. The second kappa shape index (κ2) is 11.4. The van der Waals surface area contributed by atoms with Crippen LogP contribution in [0.5, 0.6) is 5.75 Å². The van der Waals surface area contributed by atoms with Gasteiger partial charge in [-0.05, 0) is 82.8 Å². The molecule has 1 aliphatic heterocycles. The third-order valence-electron chi connectivity index (χ3n) is 8.09. The zero-order chi connectivity index (χ0) is 29.3. The highest BCUT2D eigenvalue weighted by Crippen LogP contribution is 2.43. The summed E-state index contributed by atoms with van der Waals surface area (Å²) in [5.74, 6) is 0.868. The van der Waals surface area contributed by atoms with Crippen LogP contribution in [0, 0.1) is 6.92 Å². The van der Waals surface area contributed by atoms with Crippen LogP contribution in [0.4, 0.5) is 0 Å². The van der Waals surface area contributed by atoms with Crippen molar-refractivity contribution in [3.8, 4) is 28.0 Å². The van der Waals surface area contributed by atoms with E-state index in [4.69, 9.17) is 4.74 Å². The molecule has 6 aromatic rings. The molecule has 0 amide bonds. The van der Waals surface area contributed by atoms with Gasteiger partial charge in [-0.3, -0.25) is 4.99 Å². The molecule has 1 atom stereocenters. The molecule has 0 spiro atoms. The van der Waals surface area contributed by atoms with Gasteiger partial charge in [-0.15, -0.1) is 11.3 Å². The summed E-state index contributed by atoms with van der Waals surface area (Å²) in [6.07, 6.45) is 11.4. The summed E-state index contributed by atoms with van der Waals surface area (Å²) in [4.78, 5) is 4.40. The van der Waals surface area contributed by atoms with Crippen molar-refractivity contribution in [2.24, 2.45) is 4.99 Å². The average Bonchev–Trinajstić information content (AvgIpc) is 3.69. The Morgan fingerprint density at radius 2 is 1.56 bits per heavy atom. The Balaban J connectivity index is 1.30. The van der Waals surface area contributed by atoms with Gasteiger partial charge in [0.2, 0.25) is 0 Å². The van der Waals surface area contributed by atoms with Crippen molar-refractivity contribution in [1.82, 2.24) is 0 Å². The van der Waals surface area contributed by atoms with E-state index in [0.29, 0.717) is 0 Å². The van der Waals surface area contributed by atoms with Gasteiger partial charge in [0.15, 0.2) is 0 Å². The molecule has 0 saturated heterocycles. The molecule has 0 bridgehead atoms. The molecular weight excluding hydrogens is 543 g/mol. The predicted molar refractivity (Wildman–Crippen MR) is 187 cm³/mol. The van der Waals surface area contributed by atoms with Crippen molar-refractivity contribution in [3.63, 3.8) is 0 Å². The SMILES string of the molecule is C=C/C=C(\C=C1\C=CC=N1)C(C)Oc1cc(-c2ccc(-c3cccc4c3sc3ccccc34)c3ccccc23)ccc1C. The highest BCUT2D eigenvalue weighted by molar-refractivity contribution is 7.26. The van der Waals surface area contributed by atoms with Gasteiger partial charge in [0.05, 0.1) is 5.70 Å². The molecule has 2 nitrogen and oxygen atoms in total. The zero-order valence-electron chi connectivity index (χ0n) is 24.2. The van der Waals surface area contributed by atoms with E-state index in [0.717, 1.165) is 28.1 Å². The van der Waals surface area contributed by atoms with E-state index in [2.05, 4.69) is 129 Å². The summed E-state index contributed by atoms with van der Waals surface area (Å²) >= 11 is 1.87. The van der Waals surface area contributed by atoms with Crippen LogP contribution in [0.15, 0.2) is 150 Å². The van der Waals surface area contributed by atoms with E-state index in [-0.39, 0.29) is 6.10 Å². The van der Waals surface area contributed by atoms with Crippen molar-refractivity contribution in [2.45, 2.75) is 20.0 Å². The molecule has 3 heteroatoms. The maximum absolute atomic E-state index is 6.58. The zero-order valence-corrected chi connectivity index (χ0v) is 25.1. The first-order chi connectivity index (χ1) is 21.1. The predicted octanol–water partition coefficient (Wildman–Crippen LogP) is 11.3. The lowest BCUT2D eigenvalue weighted by molar-refractivity contribution is 0.259.